The Kier molecular flexibility index (Phi) is 20.5. The molecule has 12 heteroatoms. The van der Waals surface area contributed by atoms with Crippen molar-refractivity contribution >= 4 is 24.1 Å². The van der Waals surface area contributed by atoms with Crippen LogP contribution in [0.25, 0.3) is 0 Å². The van der Waals surface area contributed by atoms with Crippen LogP contribution in [-0.2, 0) is 27.9 Å². The Morgan fingerprint density at radius 2 is 1.43 bits per heavy atom. The monoisotopic (exact) mass is 669 g/mol. The number of aliphatic hydroxyl groups is 3. The van der Waals surface area contributed by atoms with E-state index in [0.29, 0.717) is 0 Å². The first-order valence-electron chi connectivity index (χ1n) is 16.9. The third-order valence-corrected chi connectivity index (χ3v) is 12.0. The van der Waals surface area contributed by atoms with Gasteiger partial charge in [0.05, 0.1) is 24.4 Å². The number of hydrogen-bond acceptors (Lipinski definition) is 10. The van der Waals surface area contributed by atoms with Crippen molar-refractivity contribution < 1.29 is 43.2 Å². The van der Waals surface area contributed by atoms with Gasteiger partial charge in [0.15, 0.2) is 6.29 Å². The first kappa shape index (κ1) is 41.8. The summed E-state index contributed by atoms with van der Waals surface area (Å²) in [5.74, 6) is -0.192. The Morgan fingerprint density at radius 1 is 0.864 bits per heavy atom. The third-order valence-electron chi connectivity index (χ3n) is 8.06. The van der Waals surface area contributed by atoms with E-state index in [-0.39, 0.29) is 12.4 Å². The van der Waals surface area contributed by atoms with E-state index in [9.17, 15) is 24.7 Å². The van der Waals surface area contributed by atoms with Gasteiger partial charge in [-0.3, -0.25) is 13.8 Å². The molecule has 1 saturated heterocycles. The molecular weight excluding hydrogens is 605 g/mol. The van der Waals surface area contributed by atoms with Crippen molar-refractivity contribution in [2.45, 2.75) is 180 Å². The smallest absolute Gasteiger partial charge is 0.390 e. The van der Waals surface area contributed by atoms with Crippen LogP contribution in [0.4, 0.5) is 0 Å². The summed E-state index contributed by atoms with van der Waals surface area (Å²) in [6.45, 7) is 9.61. The number of rotatable bonds is 25. The van der Waals surface area contributed by atoms with E-state index in [1.54, 1.807) is 0 Å². The first-order valence-corrected chi connectivity index (χ1v) is 20.1. The molecule has 44 heavy (non-hydrogen) atoms. The van der Waals surface area contributed by atoms with E-state index in [1.165, 1.54) is 26.2 Å². The van der Waals surface area contributed by atoms with Gasteiger partial charge in [-0.25, -0.2) is 4.57 Å². The standard InChI is InChI=1S/C32H64NO9PS/c1-8-11-14-16-18-21-32(7,20-17-15-12-9-2)42-43(38,41-31(5,6)19-13-10-3)44-23-22-39-30-27(33-25(4)35)29(37)28(36)26(24-34)40-30/h26-30,34,36-37H,8-24H2,1-7H3,(H,33,35). The predicted octanol–water partition coefficient (Wildman–Crippen LogP) is 6.88. The minimum Gasteiger partial charge on any atom is -0.394 e. The topological polar surface area (TPSA) is 144 Å². The summed E-state index contributed by atoms with van der Waals surface area (Å²) in [4.78, 5) is 11.8. The third kappa shape index (κ3) is 16.1. The number of hydrogen-bond donors (Lipinski definition) is 4. The average molecular weight is 670 g/mol. The Morgan fingerprint density at radius 3 is 1.98 bits per heavy atom. The number of nitrogens with one attached hydrogen (secondary N) is 1. The molecule has 0 bridgehead atoms. The van der Waals surface area contributed by atoms with Crippen LogP contribution in [0.5, 0.6) is 0 Å². The lowest BCUT2D eigenvalue weighted by Gasteiger charge is -2.42. The zero-order valence-electron chi connectivity index (χ0n) is 28.6. The van der Waals surface area contributed by atoms with Crippen LogP contribution in [0.3, 0.4) is 0 Å². The zero-order valence-corrected chi connectivity index (χ0v) is 30.3. The van der Waals surface area contributed by atoms with Gasteiger partial charge in [-0.15, -0.1) is 0 Å². The normalized spacial score (nSPS) is 25.4. The van der Waals surface area contributed by atoms with Gasteiger partial charge >= 0.3 is 6.80 Å². The molecule has 0 aromatic heterocycles. The van der Waals surface area contributed by atoms with Crippen molar-refractivity contribution in [3.8, 4) is 0 Å². The zero-order chi connectivity index (χ0) is 33.2. The maximum Gasteiger partial charge on any atom is 0.390 e. The fraction of sp³-hybridized carbons (Fsp3) is 0.969. The van der Waals surface area contributed by atoms with Crippen molar-refractivity contribution in [2.75, 3.05) is 19.0 Å². The van der Waals surface area contributed by atoms with Gasteiger partial charge in [-0.05, 0) is 51.4 Å². The fourth-order valence-corrected chi connectivity index (χ4v) is 9.77. The molecule has 7 unspecified atom stereocenters. The maximum absolute atomic E-state index is 14.6. The van der Waals surface area contributed by atoms with Gasteiger partial charge in [-0.1, -0.05) is 91.4 Å². The molecule has 0 aliphatic carbocycles. The van der Waals surface area contributed by atoms with Crippen LogP contribution < -0.4 is 5.32 Å². The summed E-state index contributed by atoms with van der Waals surface area (Å²) in [7, 11) is 0. The van der Waals surface area contributed by atoms with Crippen LogP contribution in [0, 0.1) is 0 Å². The van der Waals surface area contributed by atoms with Crippen molar-refractivity contribution in [1.82, 2.24) is 5.32 Å². The van der Waals surface area contributed by atoms with Crippen LogP contribution in [0.2, 0.25) is 0 Å². The van der Waals surface area contributed by atoms with Crippen molar-refractivity contribution in [3.63, 3.8) is 0 Å². The average Bonchev–Trinajstić information content (AvgIpc) is 2.95. The molecule has 1 fully saturated rings. The van der Waals surface area contributed by atoms with Crippen LogP contribution >= 0.6 is 18.2 Å². The highest BCUT2D eigenvalue weighted by Crippen LogP contribution is 2.66. The second kappa shape index (κ2) is 21.6. The highest BCUT2D eigenvalue weighted by molar-refractivity contribution is 8.55. The fourth-order valence-electron chi connectivity index (χ4n) is 5.46. The summed E-state index contributed by atoms with van der Waals surface area (Å²) in [5, 5.41) is 33.0. The second-order valence-electron chi connectivity index (χ2n) is 13.1. The van der Waals surface area contributed by atoms with Crippen LogP contribution in [0.15, 0.2) is 0 Å². The summed E-state index contributed by atoms with van der Waals surface area (Å²) in [6, 6.07) is -1.04. The molecule has 1 aliphatic heterocycles. The summed E-state index contributed by atoms with van der Waals surface area (Å²) in [5.41, 5.74) is -1.25. The Bertz CT molecular complexity index is 836. The van der Waals surface area contributed by atoms with Gasteiger partial charge in [0, 0.05) is 12.7 Å². The molecule has 262 valence electrons. The summed E-state index contributed by atoms with van der Waals surface area (Å²) in [6.07, 6.45) is 9.38. The molecule has 7 atom stereocenters. The molecule has 0 saturated carbocycles. The number of carbonyl (C=O) groups is 1. The minimum absolute atomic E-state index is 0.0444. The molecule has 0 aromatic rings. The predicted molar refractivity (Wildman–Crippen MR) is 178 cm³/mol. The van der Waals surface area contributed by atoms with Crippen molar-refractivity contribution in [3.05, 3.63) is 0 Å². The molecule has 0 spiro atoms. The largest absolute Gasteiger partial charge is 0.394 e. The van der Waals surface area contributed by atoms with Gasteiger partial charge in [0.25, 0.3) is 0 Å². The first-order chi connectivity index (χ1) is 20.7. The number of amides is 1. The van der Waals surface area contributed by atoms with Gasteiger partial charge in [-0.2, -0.15) is 0 Å². The van der Waals surface area contributed by atoms with E-state index < -0.39 is 61.2 Å². The quantitative estimate of drug-likeness (QED) is 0.0600. The van der Waals surface area contributed by atoms with Crippen LogP contribution in [-0.4, -0.2) is 82.0 Å². The summed E-state index contributed by atoms with van der Waals surface area (Å²) >= 11 is 1.10. The van der Waals surface area contributed by atoms with E-state index in [1.807, 2.05) is 13.8 Å². The SMILES string of the molecule is CCCCCCCC(C)(CCCCCC)OP(=O)(OC(C)(C)CCCC)SCCOC1OC(CO)C(O)C(O)C1NC(C)=O. The van der Waals surface area contributed by atoms with Crippen LogP contribution in [0.1, 0.15) is 138 Å². The second-order valence-corrected chi connectivity index (χ2v) is 17.1. The molecule has 4 N–H and O–H groups in total. The molecule has 1 rings (SSSR count). The van der Waals surface area contributed by atoms with Gasteiger partial charge in [0.1, 0.15) is 24.4 Å². The molecule has 0 aromatic carbocycles. The Labute approximate surface area is 271 Å². The van der Waals surface area contributed by atoms with Crippen molar-refractivity contribution in [1.29, 1.82) is 0 Å². The molecule has 1 aliphatic rings. The van der Waals surface area contributed by atoms with Crippen molar-refractivity contribution in [2.24, 2.45) is 0 Å². The lowest BCUT2D eigenvalue weighted by atomic mass is 9.92. The van der Waals surface area contributed by atoms with E-state index >= 15 is 0 Å². The maximum atomic E-state index is 14.6. The Balaban J connectivity index is 3.07. The number of aliphatic hydroxyl groups excluding tert-OH is 3. The molecule has 1 amide bonds. The molecular formula is C32H64NO9PS. The lowest BCUT2D eigenvalue weighted by Crippen LogP contribution is -2.64. The van der Waals surface area contributed by atoms with E-state index in [4.69, 9.17) is 18.5 Å². The highest BCUT2D eigenvalue weighted by Gasteiger charge is 2.46. The number of ether oxygens (including phenoxy) is 2. The van der Waals surface area contributed by atoms with E-state index in [2.05, 4.69) is 33.0 Å². The number of unbranched alkanes of at least 4 members (excludes halogenated alkanes) is 8. The highest BCUT2D eigenvalue weighted by atomic mass is 32.7. The summed E-state index contributed by atoms with van der Waals surface area (Å²) < 4.78 is 39.1. The van der Waals surface area contributed by atoms with Gasteiger partial charge < -0.3 is 30.1 Å². The molecule has 0 radical (unpaired) electrons. The Hall–Kier alpha value is -0.230. The lowest BCUT2D eigenvalue weighted by molar-refractivity contribution is -0.268. The number of carbonyl (C=O) groups excluding carboxylic acids is 1. The van der Waals surface area contributed by atoms with E-state index in [0.717, 1.165) is 82.0 Å². The molecule has 1 heterocycles. The van der Waals surface area contributed by atoms with Gasteiger partial charge in [0.2, 0.25) is 5.91 Å². The minimum atomic E-state index is -3.67. The molecule has 10 nitrogen and oxygen atoms in total.